The van der Waals surface area contributed by atoms with Crippen LogP contribution in [0.3, 0.4) is 0 Å². The van der Waals surface area contributed by atoms with Gasteiger partial charge in [-0.05, 0) is 28.9 Å². The summed E-state index contributed by atoms with van der Waals surface area (Å²) in [6.45, 7) is 5.46. The summed E-state index contributed by atoms with van der Waals surface area (Å²) in [4.78, 5) is 12.3. The molecule has 3 rings (SSSR count). The summed E-state index contributed by atoms with van der Waals surface area (Å²) in [5.41, 5.74) is 12.9. The number of anilines is 1. The summed E-state index contributed by atoms with van der Waals surface area (Å²) in [6.07, 6.45) is 3.60. The highest BCUT2D eigenvalue weighted by atomic mass is 16.6. The molecule has 3 aromatic rings. The second kappa shape index (κ2) is 7.30. The lowest BCUT2D eigenvalue weighted by Gasteiger charge is -2.07. The van der Waals surface area contributed by atoms with Gasteiger partial charge in [-0.1, -0.05) is 48.2 Å². The Kier molecular flexibility index (Phi) is 4.74. The van der Waals surface area contributed by atoms with Crippen LogP contribution in [-0.4, -0.2) is 31.2 Å². The van der Waals surface area contributed by atoms with E-state index in [9.17, 15) is 4.79 Å². The Morgan fingerprint density at radius 2 is 2.04 bits per heavy atom. The maximum Gasteiger partial charge on any atom is 0.292 e. The van der Waals surface area contributed by atoms with Gasteiger partial charge < -0.3 is 5.73 Å². The molecular formula is C16H16N8O2. The molecule has 132 valence electrons. The minimum absolute atomic E-state index is 0.0440. The number of nitrogen functional groups attached to an aromatic ring is 1. The van der Waals surface area contributed by atoms with Crippen LogP contribution in [0.1, 0.15) is 21.7 Å². The third-order valence-electron chi connectivity index (χ3n) is 3.42. The average Bonchev–Trinajstić information content (AvgIpc) is 3.24. The summed E-state index contributed by atoms with van der Waals surface area (Å²) >= 11 is 0. The number of hydrazine groups is 1. The second-order valence-electron chi connectivity index (χ2n) is 5.26. The van der Waals surface area contributed by atoms with Crippen molar-refractivity contribution in [1.29, 1.82) is 0 Å². The van der Waals surface area contributed by atoms with Gasteiger partial charge in [0.25, 0.3) is 5.91 Å². The molecular weight excluding hydrogens is 336 g/mol. The number of rotatable bonds is 6. The van der Waals surface area contributed by atoms with E-state index in [4.69, 9.17) is 5.73 Å². The largest absolute Gasteiger partial charge is 0.378 e. The number of nitrogens with zero attached hydrogens (tertiary/aromatic N) is 5. The van der Waals surface area contributed by atoms with Crippen molar-refractivity contribution in [3.05, 3.63) is 65.6 Å². The zero-order chi connectivity index (χ0) is 18.5. The molecule has 2 aromatic heterocycles. The van der Waals surface area contributed by atoms with Crippen LogP contribution < -0.4 is 16.6 Å². The number of carbonyl (C=O) groups excluding carboxylic acids is 1. The number of aromatic nitrogens is 5. The van der Waals surface area contributed by atoms with E-state index < -0.39 is 5.91 Å². The molecule has 0 saturated carbocycles. The van der Waals surface area contributed by atoms with Gasteiger partial charge in [-0.3, -0.25) is 15.6 Å². The number of amides is 1. The summed E-state index contributed by atoms with van der Waals surface area (Å²) in [6, 6.07) is 9.70. The van der Waals surface area contributed by atoms with Gasteiger partial charge in [0.05, 0.1) is 5.69 Å². The van der Waals surface area contributed by atoms with Crippen LogP contribution >= 0.6 is 0 Å². The van der Waals surface area contributed by atoms with Crippen LogP contribution in [0.2, 0.25) is 0 Å². The molecule has 0 unspecified atom stereocenters. The van der Waals surface area contributed by atoms with E-state index in [-0.39, 0.29) is 17.3 Å². The Balaban J connectivity index is 1.62. The van der Waals surface area contributed by atoms with Crippen molar-refractivity contribution in [3.8, 4) is 5.82 Å². The van der Waals surface area contributed by atoms with Gasteiger partial charge in [0.1, 0.15) is 0 Å². The summed E-state index contributed by atoms with van der Waals surface area (Å²) in [5.74, 6) is -0.280. The first kappa shape index (κ1) is 16.9. The topological polar surface area (TPSA) is 137 Å². The Hall–Kier alpha value is -3.95. The van der Waals surface area contributed by atoms with Crippen molar-refractivity contribution < 1.29 is 9.42 Å². The monoisotopic (exact) mass is 352 g/mol. The van der Waals surface area contributed by atoms with Crippen LogP contribution in [0, 0.1) is 6.92 Å². The number of benzene rings is 1. The van der Waals surface area contributed by atoms with Gasteiger partial charge in [0.15, 0.2) is 5.69 Å². The number of allylic oxidation sites excluding steroid dienone is 1. The van der Waals surface area contributed by atoms with Gasteiger partial charge in [-0.15, -0.1) is 5.10 Å². The predicted octanol–water partition coefficient (Wildman–Crippen LogP) is 1.00. The third kappa shape index (κ3) is 3.59. The van der Waals surface area contributed by atoms with E-state index in [0.29, 0.717) is 11.4 Å². The van der Waals surface area contributed by atoms with Crippen LogP contribution in [0.15, 0.2) is 53.3 Å². The zero-order valence-electron chi connectivity index (χ0n) is 13.9. The van der Waals surface area contributed by atoms with Crippen molar-refractivity contribution in [2.24, 2.45) is 0 Å². The standard InChI is InChI=1S/C16H16N8O2/c1-10(8-9-12-6-4-3-5-7-12)18-20-16(25)13-11(2)24(23-19-13)15-14(17)21-26-22-15/h3-9,18H,1H2,2H3,(H2,17,21)(H,20,25). The molecule has 0 atom stereocenters. The molecule has 10 heteroatoms. The Morgan fingerprint density at radius 3 is 2.73 bits per heavy atom. The van der Waals surface area contributed by atoms with Crippen LogP contribution in [0.5, 0.6) is 0 Å². The van der Waals surface area contributed by atoms with Gasteiger partial charge >= 0.3 is 0 Å². The third-order valence-corrected chi connectivity index (χ3v) is 3.42. The highest BCUT2D eigenvalue weighted by Gasteiger charge is 2.20. The minimum Gasteiger partial charge on any atom is -0.378 e. The molecule has 0 bridgehead atoms. The first-order chi connectivity index (χ1) is 12.6. The lowest BCUT2D eigenvalue weighted by atomic mass is 10.2. The fourth-order valence-corrected chi connectivity index (χ4v) is 2.08. The molecule has 0 saturated heterocycles. The van der Waals surface area contributed by atoms with E-state index >= 15 is 0 Å². The summed E-state index contributed by atoms with van der Waals surface area (Å²) < 4.78 is 5.79. The molecule has 4 N–H and O–H groups in total. The minimum atomic E-state index is -0.488. The molecule has 0 aliphatic heterocycles. The maximum atomic E-state index is 12.3. The summed E-state index contributed by atoms with van der Waals surface area (Å²) in [7, 11) is 0. The highest BCUT2D eigenvalue weighted by molar-refractivity contribution is 5.93. The fraction of sp³-hybridized carbons (Fsp3) is 0.0625. The van der Waals surface area contributed by atoms with Crippen LogP contribution in [0.25, 0.3) is 11.9 Å². The molecule has 10 nitrogen and oxygen atoms in total. The van der Waals surface area contributed by atoms with Crippen molar-refractivity contribution in [2.75, 3.05) is 5.73 Å². The fourth-order valence-electron chi connectivity index (χ4n) is 2.08. The Bertz CT molecular complexity index is 958. The normalized spacial score (nSPS) is 10.8. The lowest BCUT2D eigenvalue weighted by molar-refractivity contribution is 0.0934. The van der Waals surface area contributed by atoms with Crippen molar-refractivity contribution in [3.63, 3.8) is 0 Å². The SMILES string of the molecule is C=C(C=Cc1ccccc1)NNC(=O)c1nnn(-c2nonc2N)c1C. The average molecular weight is 352 g/mol. The molecule has 26 heavy (non-hydrogen) atoms. The molecule has 0 aliphatic carbocycles. The summed E-state index contributed by atoms with van der Waals surface area (Å²) in [5, 5.41) is 14.8. The van der Waals surface area contributed by atoms with E-state index in [2.05, 4.69) is 42.7 Å². The zero-order valence-corrected chi connectivity index (χ0v) is 13.9. The number of nitrogens with two attached hydrogens (primary N) is 1. The quantitative estimate of drug-likeness (QED) is 0.441. The van der Waals surface area contributed by atoms with Crippen molar-refractivity contribution in [1.82, 2.24) is 36.2 Å². The van der Waals surface area contributed by atoms with Gasteiger partial charge in [-0.25, -0.2) is 4.63 Å². The Morgan fingerprint density at radius 1 is 1.27 bits per heavy atom. The van der Waals surface area contributed by atoms with E-state index in [1.54, 1.807) is 13.0 Å². The molecule has 0 radical (unpaired) electrons. The molecule has 1 amide bonds. The second-order valence-corrected chi connectivity index (χ2v) is 5.26. The molecule has 0 spiro atoms. The first-order valence-corrected chi connectivity index (χ1v) is 7.55. The van der Waals surface area contributed by atoms with Crippen LogP contribution in [-0.2, 0) is 0 Å². The maximum absolute atomic E-state index is 12.3. The van der Waals surface area contributed by atoms with Gasteiger partial charge in [-0.2, -0.15) is 4.68 Å². The van der Waals surface area contributed by atoms with E-state index in [1.165, 1.54) is 4.68 Å². The number of nitrogens with one attached hydrogen (secondary N) is 2. The Labute approximate surface area is 148 Å². The lowest BCUT2D eigenvalue weighted by Crippen LogP contribution is -2.36. The number of hydrogen-bond donors (Lipinski definition) is 3. The van der Waals surface area contributed by atoms with Crippen molar-refractivity contribution in [2.45, 2.75) is 6.92 Å². The smallest absolute Gasteiger partial charge is 0.292 e. The van der Waals surface area contributed by atoms with E-state index in [0.717, 1.165) is 5.56 Å². The molecule has 0 fully saturated rings. The molecule has 2 heterocycles. The van der Waals surface area contributed by atoms with Gasteiger partial charge in [0.2, 0.25) is 11.6 Å². The highest BCUT2D eigenvalue weighted by Crippen LogP contribution is 2.14. The first-order valence-electron chi connectivity index (χ1n) is 7.55. The molecule has 1 aromatic carbocycles. The number of carbonyl (C=O) groups is 1. The number of hydrogen-bond acceptors (Lipinski definition) is 8. The van der Waals surface area contributed by atoms with Crippen LogP contribution in [0.4, 0.5) is 5.82 Å². The van der Waals surface area contributed by atoms with Gasteiger partial charge in [0, 0.05) is 5.70 Å². The van der Waals surface area contributed by atoms with Crippen molar-refractivity contribution >= 4 is 17.8 Å². The van der Waals surface area contributed by atoms with E-state index in [1.807, 2.05) is 36.4 Å². The molecule has 0 aliphatic rings. The predicted molar refractivity (Wildman–Crippen MR) is 93.6 cm³/mol.